The van der Waals surface area contributed by atoms with E-state index in [2.05, 4.69) is 15.9 Å². The second-order valence-electron chi connectivity index (χ2n) is 2.42. The average Bonchev–Trinajstić information content (AvgIpc) is 2.49. The summed E-state index contributed by atoms with van der Waals surface area (Å²) in [6.07, 6.45) is 1.61. The number of furan rings is 1. The fourth-order valence-corrected chi connectivity index (χ4v) is 1.71. The molecule has 0 aliphatic carbocycles. The van der Waals surface area contributed by atoms with Crippen molar-refractivity contribution in [2.75, 3.05) is 7.11 Å². The second-order valence-corrected chi connectivity index (χ2v) is 3.27. The van der Waals surface area contributed by atoms with Gasteiger partial charge in [-0.05, 0) is 28.1 Å². The smallest absolute Gasteiger partial charge is 0.165 e. The molecule has 0 aliphatic heterocycles. The lowest BCUT2D eigenvalue weighted by Crippen LogP contribution is -1.79. The molecule has 0 radical (unpaired) electrons. The highest BCUT2D eigenvalue weighted by Gasteiger charge is 2.07. The van der Waals surface area contributed by atoms with E-state index in [9.17, 15) is 0 Å². The minimum atomic E-state index is 0.762. The molecular formula is C9H7BrO2. The number of ether oxygens (including phenoxy) is 1. The molecule has 62 valence electrons. The van der Waals surface area contributed by atoms with Crippen LogP contribution in [0.2, 0.25) is 0 Å². The molecule has 0 N–H and O–H groups in total. The topological polar surface area (TPSA) is 22.4 Å². The highest BCUT2D eigenvalue weighted by atomic mass is 79.9. The van der Waals surface area contributed by atoms with Gasteiger partial charge in [0.15, 0.2) is 5.75 Å². The zero-order valence-corrected chi connectivity index (χ0v) is 8.09. The van der Waals surface area contributed by atoms with E-state index in [-0.39, 0.29) is 0 Å². The highest BCUT2D eigenvalue weighted by molar-refractivity contribution is 9.10. The van der Waals surface area contributed by atoms with Crippen LogP contribution in [0.5, 0.6) is 5.75 Å². The second kappa shape index (κ2) is 2.83. The van der Waals surface area contributed by atoms with E-state index in [1.807, 2.05) is 18.2 Å². The Balaban J connectivity index is 2.83. The first-order chi connectivity index (χ1) is 5.83. The number of rotatable bonds is 1. The van der Waals surface area contributed by atoms with Crippen LogP contribution in [0.4, 0.5) is 0 Å². The Hall–Kier alpha value is -0.960. The number of benzene rings is 1. The molecule has 2 rings (SSSR count). The zero-order valence-electron chi connectivity index (χ0n) is 6.50. The van der Waals surface area contributed by atoms with E-state index in [0.29, 0.717) is 0 Å². The summed E-state index contributed by atoms with van der Waals surface area (Å²) in [6, 6.07) is 5.79. The van der Waals surface area contributed by atoms with Crippen LogP contribution in [0.25, 0.3) is 11.0 Å². The van der Waals surface area contributed by atoms with Crippen molar-refractivity contribution in [3.8, 4) is 5.75 Å². The Morgan fingerprint density at radius 3 is 3.00 bits per heavy atom. The summed E-state index contributed by atoms with van der Waals surface area (Å²) < 4.78 is 11.4. The Bertz CT molecular complexity index is 406. The van der Waals surface area contributed by atoms with E-state index < -0.39 is 0 Å². The molecule has 0 fully saturated rings. The van der Waals surface area contributed by atoms with E-state index in [4.69, 9.17) is 9.15 Å². The summed E-state index contributed by atoms with van der Waals surface area (Å²) in [7, 11) is 1.63. The molecule has 3 heteroatoms. The molecule has 0 spiro atoms. The summed E-state index contributed by atoms with van der Waals surface area (Å²) in [6.45, 7) is 0. The fourth-order valence-electron chi connectivity index (χ4n) is 1.17. The Kier molecular flexibility index (Phi) is 1.81. The summed E-state index contributed by atoms with van der Waals surface area (Å²) in [5, 5.41) is 0.986. The third kappa shape index (κ3) is 1.01. The van der Waals surface area contributed by atoms with Gasteiger partial charge in [-0.25, -0.2) is 0 Å². The maximum absolute atomic E-state index is 5.27. The largest absolute Gasteiger partial charge is 0.493 e. The lowest BCUT2D eigenvalue weighted by Gasteiger charge is -1.95. The van der Waals surface area contributed by atoms with E-state index in [0.717, 1.165) is 21.2 Å². The van der Waals surface area contributed by atoms with Crippen LogP contribution < -0.4 is 4.74 Å². The van der Waals surface area contributed by atoms with Crippen LogP contribution in [0.3, 0.4) is 0 Å². The maximum Gasteiger partial charge on any atom is 0.165 e. The quantitative estimate of drug-likeness (QED) is 0.746. The molecule has 0 aliphatic rings. The molecule has 1 aromatic heterocycles. The Labute approximate surface area is 78.3 Å². The van der Waals surface area contributed by atoms with Crippen LogP contribution >= 0.6 is 15.9 Å². The first-order valence-corrected chi connectivity index (χ1v) is 4.32. The first kappa shape index (κ1) is 7.68. The summed E-state index contributed by atoms with van der Waals surface area (Å²) in [5.41, 5.74) is 0.834. The van der Waals surface area contributed by atoms with Crippen molar-refractivity contribution in [2.45, 2.75) is 0 Å². The predicted molar refractivity (Wildman–Crippen MR) is 50.5 cm³/mol. The number of halogens is 1. The van der Waals surface area contributed by atoms with Crippen molar-refractivity contribution in [1.82, 2.24) is 0 Å². The van der Waals surface area contributed by atoms with Crippen molar-refractivity contribution in [3.05, 3.63) is 28.9 Å². The molecule has 0 atom stereocenters. The lowest BCUT2D eigenvalue weighted by atomic mass is 10.2. The SMILES string of the molecule is COc1coc2cccc(Br)c12. The van der Waals surface area contributed by atoms with Crippen molar-refractivity contribution in [1.29, 1.82) is 0 Å². The molecule has 0 unspecified atom stereocenters. The summed E-state index contributed by atoms with van der Waals surface area (Å²) in [5.74, 6) is 0.762. The minimum Gasteiger partial charge on any atom is -0.493 e. The van der Waals surface area contributed by atoms with Crippen molar-refractivity contribution >= 4 is 26.9 Å². The molecule has 0 saturated heterocycles. The standard InChI is InChI=1S/C9H7BrO2/c1-11-8-5-12-7-4-2-3-6(10)9(7)8/h2-5H,1H3. The van der Waals surface area contributed by atoms with Gasteiger partial charge >= 0.3 is 0 Å². The summed E-state index contributed by atoms with van der Waals surface area (Å²) >= 11 is 3.43. The molecule has 2 aromatic rings. The number of fused-ring (bicyclic) bond motifs is 1. The van der Waals surface area contributed by atoms with Gasteiger partial charge in [-0.2, -0.15) is 0 Å². The molecule has 0 amide bonds. The molecule has 1 heterocycles. The number of hydrogen-bond acceptors (Lipinski definition) is 2. The monoisotopic (exact) mass is 226 g/mol. The van der Waals surface area contributed by atoms with Gasteiger partial charge in [0, 0.05) is 4.47 Å². The minimum absolute atomic E-state index is 0.762. The van der Waals surface area contributed by atoms with Crippen molar-refractivity contribution in [2.24, 2.45) is 0 Å². The molecular weight excluding hydrogens is 220 g/mol. The molecule has 1 aromatic carbocycles. The first-order valence-electron chi connectivity index (χ1n) is 3.52. The average molecular weight is 227 g/mol. The van der Waals surface area contributed by atoms with Crippen LogP contribution in [-0.4, -0.2) is 7.11 Å². The van der Waals surface area contributed by atoms with Crippen LogP contribution in [0, 0.1) is 0 Å². The number of hydrogen-bond donors (Lipinski definition) is 0. The fraction of sp³-hybridized carbons (Fsp3) is 0.111. The maximum atomic E-state index is 5.27. The van der Waals surface area contributed by atoms with Crippen molar-refractivity contribution in [3.63, 3.8) is 0 Å². The highest BCUT2D eigenvalue weighted by Crippen LogP contribution is 2.33. The van der Waals surface area contributed by atoms with Gasteiger partial charge in [-0.3, -0.25) is 0 Å². The van der Waals surface area contributed by atoms with Gasteiger partial charge in [0.25, 0.3) is 0 Å². The normalized spacial score (nSPS) is 10.5. The lowest BCUT2D eigenvalue weighted by molar-refractivity contribution is 0.410. The van der Waals surface area contributed by atoms with Gasteiger partial charge in [-0.15, -0.1) is 0 Å². The van der Waals surface area contributed by atoms with E-state index in [1.54, 1.807) is 13.4 Å². The third-order valence-corrected chi connectivity index (χ3v) is 2.40. The van der Waals surface area contributed by atoms with Gasteiger partial charge < -0.3 is 9.15 Å². The van der Waals surface area contributed by atoms with E-state index in [1.165, 1.54) is 0 Å². The Morgan fingerprint density at radius 1 is 1.42 bits per heavy atom. The Morgan fingerprint density at radius 2 is 2.25 bits per heavy atom. The molecule has 12 heavy (non-hydrogen) atoms. The zero-order chi connectivity index (χ0) is 8.55. The summed E-state index contributed by atoms with van der Waals surface area (Å²) in [4.78, 5) is 0. The van der Waals surface area contributed by atoms with Crippen LogP contribution in [-0.2, 0) is 0 Å². The molecule has 2 nitrogen and oxygen atoms in total. The third-order valence-electron chi connectivity index (χ3n) is 1.73. The predicted octanol–water partition coefficient (Wildman–Crippen LogP) is 3.20. The van der Waals surface area contributed by atoms with Gasteiger partial charge in [-0.1, -0.05) is 6.07 Å². The van der Waals surface area contributed by atoms with Crippen LogP contribution in [0.1, 0.15) is 0 Å². The number of methoxy groups -OCH3 is 1. The van der Waals surface area contributed by atoms with Crippen LogP contribution in [0.15, 0.2) is 33.4 Å². The van der Waals surface area contributed by atoms with E-state index >= 15 is 0 Å². The molecule has 0 saturated carbocycles. The van der Waals surface area contributed by atoms with Gasteiger partial charge in [0.05, 0.1) is 12.5 Å². The van der Waals surface area contributed by atoms with Crippen molar-refractivity contribution < 1.29 is 9.15 Å². The van der Waals surface area contributed by atoms with Gasteiger partial charge in [0.2, 0.25) is 0 Å². The molecule has 0 bridgehead atoms. The van der Waals surface area contributed by atoms with Gasteiger partial charge in [0.1, 0.15) is 11.8 Å².